The first-order valence-corrected chi connectivity index (χ1v) is 6.27. The van der Waals surface area contributed by atoms with E-state index < -0.39 is 6.16 Å². The van der Waals surface area contributed by atoms with E-state index in [9.17, 15) is 4.79 Å². The highest BCUT2D eigenvalue weighted by Crippen LogP contribution is 2.30. The first kappa shape index (κ1) is 15.8. The zero-order valence-electron chi connectivity index (χ0n) is 11.0. The summed E-state index contributed by atoms with van der Waals surface area (Å²) in [6.07, 6.45) is 7.28. The van der Waals surface area contributed by atoms with Gasteiger partial charge in [-0.3, -0.25) is 0 Å². The molecule has 0 radical (unpaired) electrons. The van der Waals surface area contributed by atoms with Gasteiger partial charge in [0.15, 0.2) is 0 Å². The summed E-state index contributed by atoms with van der Waals surface area (Å²) in [6.45, 7) is 8.11. The Kier molecular flexibility index (Phi) is 8.25. The molecule has 1 N–H and O–H groups in total. The molecule has 0 amide bonds. The lowest BCUT2D eigenvalue weighted by atomic mass is 9.81. The van der Waals surface area contributed by atoms with Gasteiger partial charge >= 0.3 is 6.16 Å². The zero-order valence-corrected chi connectivity index (χ0v) is 11.0. The van der Waals surface area contributed by atoms with E-state index in [2.05, 4.69) is 30.9 Å². The summed E-state index contributed by atoms with van der Waals surface area (Å²) in [5.74, 6) is 0. The van der Waals surface area contributed by atoms with E-state index in [1.165, 1.54) is 19.3 Å². The third-order valence-electron chi connectivity index (χ3n) is 2.95. The predicted molar refractivity (Wildman–Crippen MR) is 69.2 cm³/mol. The first-order valence-electron chi connectivity index (χ1n) is 6.27. The maximum atomic E-state index is 10.3. The van der Waals surface area contributed by atoms with Gasteiger partial charge in [-0.15, -0.1) is 5.73 Å². The molecule has 0 saturated heterocycles. The number of hydrogen-bond donors (Lipinski definition) is 1. The van der Waals surface area contributed by atoms with Gasteiger partial charge in [-0.25, -0.2) is 4.79 Å². The van der Waals surface area contributed by atoms with Crippen LogP contribution in [-0.2, 0) is 4.74 Å². The number of hydrogen-bond acceptors (Lipinski definition) is 2. The second kappa shape index (κ2) is 8.89. The topological polar surface area (TPSA) is 46.5 Å². The fraction of sp³-hybridized carbons (Fsp3) is 0.714. The van der Waals surface area contributed by atoms with Crippen molar-refractivity contribution in [1.82, 2.24) is 0 Å². The number of unbranched alkanes of at least 4 members (excludes halogenated alkanes) is 3. The van der Waals surface area contributed by atoms with Gasteiger partial charge in [-0.05, 0) is 24.3 Å². The average Bonchev–Trinajstić information content (AvgIpc) is 2.24. The quantitative estimate of drug-likeness (QED) is 0.369. The van der Waals surface area contributed by atoms with Gasteiger partial charge in [-0.1, -0.05) is 46.1 Å². The van der Waals surface area contributed by atoms with Crippen LogP contribution in [0.15, 0.2) is 18.4 Å². The highest BCUT2D eigenvalue weighted by molar-refractivity contribution is 5.56. The van der Waals surface area contributed by atoms with Gasteiger partial charge in [0.05, 0.1) is 6.61 Å². The second-order valence-electron chi connectivity index (χ2n) is 4.68. The minimum Gasteiger partial charge on any atom is -0.450 e. The Morgan fingerprint density at radius 3 is 2.65 bits per heavy atom. The van der Waals surface area contributed by atoms with E-state index in [-0.39, 0.29) is 12.0 Å². The summed E-state index contributed by atoms with van der Waals surface area (Å²) in [6, 6.07) is 0. The molecule has 0 rings (SSSR count). The molecule has 0 saturated carbocycles. The van der Waals surface area contributed by atoms with E-state index in [0.717, 1.165) is 12.8 Å². The van der Waals surface area contributed by atoms with Crippen LogP contribution >= 0.6 is 0 Å². The molecule has 98 valence electrons. The Bertz CT molecular complexity index is 267. The Labute approximate surface area is 104 Å². The van der Waals surface area contributed by atoms with E-state index in [0.29, 0.717) is 6.42 Å². The van der Waals surface area contributed by atoms with Crippen LogP contribution in [-0.4, -0.2) is 17.9 Å². The Morgan fingerprint density at radius 2 is 2.12 bits per heavy atom. The van der Waals surface area contributed by atoms with Crippen molar-refractivity contribution in [2.45, 2.75) is 52.4 Å². The zero-order chi connectivity index (χ0) is 13.1. The third-order valence-corrected chi connectivity index (χ3v) is 2.95. The number of carboxylic acid groups (broad SMARTS) is 1. The molecule has 3 nitrogen and oxygen atoms in total. The van der Waals surface area contributed by atoms with Gasteiger partial charge in [0.25, 0.3) is 0 Å². The minimum absolute atomic E-state index is 0.0507. The van der Waals surface area contributed by atoms with Crippen molar-refractivity contribution in [1.29, 1.82) is 0 Å². The molecule has 0 aliphatic heterocycles. The maximum Gasteiger partial charge on any atom is 0.505 e. The van der Waals surface area contributed by atoms with Crippen molar-refractivity contribution in [3.8, 4) is 0 Å². The van der Waals surface area contributed by atoms with E-state index >= 15 is 0 Å². The van der Waals surface area contributed by atoms with Crippen molar-refractivity contribution < 1.29 is 14.6 Å². The number of rotatable bonds is 9. The van der Waals surface area contributed by atoms with Crippen molar-refractivity contribution in [3.05, 3.63) is 18.4 Å². The van der Waals surface area contributed by atoms with E-state index in [4.69, 9.17) is 5.11 Å². The van der Waals surface area contributed by atoms with Crippen LogP contribution < -0.4 is 0 Å². The lowest BCUT2D eigenvalue weighted by Crippen LogP contribution is -2.17. The molecule has 0 fully saturated rings. The van der Waals surface area contributed by atoms with Crippen LogP contribution in [0.2, 0.25) is 0 Å². The third kappa shape index (κ3) is 8.58. The molecular weight excluding hydrogens is 216 g/mol. The number of allylic oxidation sites excluding steroid dienone is 1. The molecule has 0 aliphatic carbocycles. The number of ether oxygens (including phenoxy) is 1. The standard InChI is InChI=1S/C14H24O3/c1-4-6-7-8-10-14(3,9-5-2)11-12-17-13(15)16/h9H,2,4,6-8,10-12H2,1,3H3,(H,15,16). The fourth-order valence-corrected chi connectivity index (χ4v) is 1.84. The van der Waals surface area contributed by atoms with Crippen LogP contribution in [0.1, 0.15) is 52.4 Å². The molecule has 0 aliphatic rings. The predicted octanol–water partition coefficient (Wildman–Crippen LogP) is 4.39. The molecule has 0 aromatic carbocycles. The SMILES string of the molecule is C=C=CC(C)(CCCCCC)CCOC(=O)O. The van der Waals surface area contributed by atoms with Crippen LogP contribution in [0.25, 0.3) is 0 Å². The molecular formula is C14H24O3. The fourth-order valence-electron chi connectivity index (χ4n) is 1.84. The largest absolute Gasteiger partial charge is 0.505 e. The summed E-state index contributed by atoms with van der Waals surface area (Å²) in [5, 5.41) is 8.43. The molecule has 3 heteroatoms. The number of carbonyl (C=O) groups is 1. The van der Waals surface area contributed by atoms with E-state index in [1.54, 1.807) is 0 Å². The van der Waals surface area contributed by atoms with Gasteiger partial charge in [0, 0.05) is 0 Å². The highest BCUT2D eigenvalue weighted by Gasteiger charge is 2.20. The molecule has 0 aromatic rings. The minimum atomic E-state index is -1.21. The molecule has 0 bridgehead atoms. The second-order valence-corrected chi connectivity index (χ2v) is 4.68. The summed E-state index contributed by atoms with van der Waals surface area (Å²) >= 11 is 0. The average molecular weight is 240 g/mol. The van der Waals surface area contributed by atoms with Crippen LogP contribution in [0, 0.1) is 5.41 Å². The smallest absolute Gasteiger partial charge is 0.450 e. The summed E-state index contributed by atoms with van der Waals surface area (Å²) in [4.78, 5) is 10.3. The highest BCUT2D eigenvalue weighted by atomic mass is 16.7. The van der Waals surface area contributed by atoms with Gasteiger partial charge in [-0.2, -0.15) is 0 Å². The van der Waals surface area contributed by atoms with Crippen LogP contribution in [0.5, 0.6) is 0 Å². The molecule has 1 unspecified atom stereocenters. The van der Waals surface area contributed by atoms with Crippen molar-refractivity contribution in [2.75, 3.05) is 6.61 Å². The van der Waals surface area contributed by atoms with Crippen molar-refractivity contribution in [2.24, 2.45) is 5.41 Å². The van der Waals surface area contributed by atoms with Gasteiger partial charge < -0.3 is 9.84 Å². The summed E-state index contributed by atoms with van der Waals surface area (Å²) in [7, 11) is 0. The molecule has 0 spiro atoms. The lowest BCUT2D eigenvalue weighted by Gasteiger charge is -2.24. The monoisotopic (exact) mass is 240 g/mol. The van der Waals surface area contributed by atoms with Crippen LogP contribution in [0.4, 0.5) is 4.79 Å². The lowest BCUT2D eigenvalue weighted by molar-refractivity contribution is 0.0815. The van der Waals surface area contributed by atoms with Gasteiger partial charge in [0.1, 0.15) is 0 Å². The van der Waals surface area contributed by atoms with Crippen LogP contribution in [0.3, 0.4) is 0 Å². The van der Waals surface area contributed by atoms with Crippen molar-refractivity contribution in [3.63, 3.8) is 0 Å². The summed E-state index contributed by atoms with van der Waals surface area (Å²) < 4.78 is 4.56. The van der Waals surface area contributed by atoms with E-state index in [1.807, 2.05) is 6.08 Å². The van der Waals surface area contributed by atoms with Gasteiger partial charge in [0.2, 0.25) is 0 Å². The Balaban J connectivity index is 4.06. The summed E-state index contributed by atoms with van der Waals surface area (Å²) in [5.41, 5.74) is 2.76. The molecule has 0 aromatic heterocycles. The normalized spacial score (nSPS) is 13.5. The Morgan fingerprint density at radius 1 is 1.41 bits per heavy atom. The Hall–Kier alpha value is -1.21. The first-order chi connectivity index (χ1) is 8.04. The molecule has 1 atom stereocenters. The maximum absolute atomic E-state index is 10.3. The molecule has 0 heterocycles. The molecule has 17 heavy (non-hydrogen) atoms. The van der Waals surface area contributed by atoms with Crippen molar-refractivity contribution >= 4 is 6.16 Å².